The molecule has 6 nitrogen and oxygen atoms in total. The molecule has 0 fully saturated rings. The van der Waals surface area contributed by atoms with Crippen molar-refractivity contribution in [3.63, 3.8) is 0 Å². The first-order valence-electron chi connectivity index (χ1n) is 12.6. The average molecular weight is 504 g/mol. The van der Waals surface area contributed by atoms with Crippen molar-refractivity contribution < 1.29 is 19.0 Å². The van der Waals surface area contributed by atoms with E-state index < -0.39 is 11.9 Å². The maximum Gasteiger partial charge on any atom is 0.227 e. The van der Waals surface area contributed by atoms with Gasteiger partial charge in [-0.3, -0.25) is 4.90 Å². The number of hydrogen-bond acceptors (Lipinski definition) is 5. The number of aryl methyl sites for hydroxylation is 1. The van der Waals surface area contributed by atoms with Gasteiger partial charge in [-0.15, -0.1) is 0 Å². The Morgan fingerprint density at radius 2 is 1.65 bits per heavy atom. The molecule has 0 aliphatic carbocycles. The number of aliphatic hydroxyl groups excluding tert-OH is 1. The summed E-state index contributed by atoms with van der Waals surface area (Å²) in [5.41, 5.74) is 3.62. The van der Waals surface area contributed by atoms with Gasteiger partial charge in [-0.25, -0.2) is 9.07 Å². The van der Waals surface area contributed by atoms with Gasteiger partial charge in [0.05, 0.1) is 29.7 Å². The third-order valence-electron chi connectivity index (χ3n) is 6.17. The van der Waals surface area contributed by atoms with Gasteiger partial charge in [0.2, 0.25) is 5.88 Å². The third-order valence-corrected chi connectivity index (χ3v) is 6.17. The van der Waals surface area contributed by atoms with Gasteiger partial charge in [-0.2, -0.15) is 5.10 Å². The largest absolute Gasteiger partial charge is 0.435 e. The summed E-state index contributed by atoms with van der Waals surface area (Å²) in [6.07, 6.45) is 0.657. The molecular formula is C30H34FN3O3. The van der Waals surface area contributed by atoms with Gasteiger partial charge in [-0.05, 0) is 42.7 Å². The van der Waals surface area contributed by atoms with E-state index in [0.717, 1.165) is 22.5 Å². The van der Waals surface area contributed by atoms with Crippen molar-refractivity contribution in [2.75, 3.05) is 26.8 Å². The normalized spacial score (nSPS) is 12.1. The van der Waals surface area contributed by atoms with Crippen molar-refractivity contribution in [3.8, 4) is 17.3 Å². The molecule has 4 aromatic rings. The van der Waals surface area contributed by atoms with Gasteiger partial charge in [0, 0.05) is 26.7 Å². The number of ether oxygens (including phenoxy) is 2. The zero-order valence-electron chi connectivity index (χ0n) is 21.4. The molecule has 7 heteroatoms. The predicted octanol–water partition coefficient (Wildman–Crippen LogP) is 5.42. The Kier molecular flexibility index (Phi) is 9.43. The lowest BCUT2D eigenvalue weighted by Crippen LogP contribution is -2.35. The number of methoxy groups -OCH3 is 1. The van der Waals surface area contributed by atoms with Crippen LogP contribution in [0.15, 0.2) is 84.9 Å². The van der Waals surface area contributed by atoms with Crippen molar-refractivity contribution in [1.29, 1.82) is 0 Å². The Morgan fingerprint density at radius 3 is 2.32 bits per heavy atom. The molecule has 0 saturated carbocycles. The number of nitrogens with zero attached hydrogens (tertiary/aromatic N) is 3. The molecule has 1 heterocycles. The molecule has 0 saturated heterocycles. The maximum atomic E-state index is 14.6. The fourth-order valence-corrected chi connectivity index (χ4v) is 4.33. The number of rotatable bonds is 13. The Morgan fingerprint density at radius 1 is 0.973 bits per heavy atom. The summed E-state index contributed by atoms with van der Waals surface area (Å²) < 4.78 is 27.9. The first-order chi connectivity index (χ1) is 18.1. The Bertz CT molecular complexity index is 1250. The fourth-order valence-electron chi connectivity index (χ4n) is 4.33. The Hall–Kier alpha value is -3.52. The van der Waals surface area contributed by atoms with Crippen LogP contribution in [0.25, 0.3) is 5.69 Å². The quantitative estimate of drug-likeness (QED) is 0.264. The van der Waals surface area contributed by atoms with Crippen molar-refractivity contribution in [2.24, 2.45) is 0 Å². The summed E-state index contributed by atoms with van der Waals surface area (Å²) in [5.74, 6) is 0.158. The van der Waals surface area contributed by atoms with Crippen LogP contribution in [0.1, 0.15) is 23.7 Å². The SMILES string of the molecule is CCc1nn(-c2ccccc2)c(Oc2ccccc2F)c1CN(CCOC)CC(O)Cc1ccccc1. The van der Waals surface area contributed by atoms with Crippen LogP contribution in [0.2, 0.25) is 0 Å². The van der Waals surface area contributed by atoms with Crippen LogP contribution in [0.3, 0.4) is 0 Å². The van der Waals surface area contributed by atoms with Gasteiger partial charge in [-0.1, -0.05) is 67.6 Å². The van der Waals surface area contributed by atoms with E-state index in [9.17, 15) is 9.50 Å². The van der Waals surface area contributed by atoms with Crippen LogP contribution in [0, 0.1) is 5.82 Å². The van der Waals surface area contributed by atoms with Crippen molar-refractivity contribution in [3.05, 3.63) is 108 Å². The number of benzene rings is 3. The Balaban J connectivity index is 1.67. The van der Waals surface area contributed by atoms with Crippen LogP contribution < -0.4 is 4.74 Å². The molecule has 0 aliphatic heterocycles. The van der Waals surface area contributed by atoms with E-state index in [4.69, 9.17) is 14.6 Å². The van der Waals surface area contributed by atoms with Crippen LogP contribution in [-0.2, 0) is 24.1 Å². The van der Waals surface area contributed by atoms with Gasteiger partial charge in [0.1, 0.15) is 0 Å². The summed E-state index contributed by atoms with van der Waals surface area (Å²) in [6, 6.07) is 26.0. The van der Waals surface area contributed by atoms with Crippen LogP contribution in [-0.4, -0.2) is 52.7 Å². The van der Waals surface area contributed by atoms with Gasteiger partial charge in [0.25, 0.3) is 0 Å². The zero-order valence-corrected chi connectivity index (χ0v) is 21.4. The lowest BCUT2D eigenvalue weighted by Gasteiger charge is -2.25. The number of para-hydroxylation sites is 2. The van der Waals surface area contributed by atoms with E-state index in [-0.39, 0.29) is 5.75 Å². The van der Waals surface area contributed by atoms with Crippen molar-refractivity contribution in [1.82, 2.24) is 14.7 Å². The maximum absolute atomic E-state index is 14.6. The van der Waals surface area contributed by atoms with E-state index >= 15 is 0 Å². The number of aromatic nitrogens is 2. The minimum Gasteiger partial charge on any atom is -0.435 e. The van der Waals surface area contributed by atoms with Gasteiger partial charge < -0.3 is 14.6 Å². The summed E-state index contributed by atoms with van der Waals surface area (Å²) in [5, 5.41) is 15.8. The van der Waals surface area contributed by atoms with Gasteiger partial charge in [0.15, 0.2) is 11.6 Å². The minimum absolute atomic E-state index is 0.135. The summed E-state index contributed by atoms with van der Waals surface area (Å²) in [4.78, 5) is 2.14. The molecule has 0 spiro atoms. The molecule has 0 amide bonds. The van der Waals surface area contributed by atoms with E-state index in [1.54, 1.807) is 30.0 Å². The first-order valence-corrected chi connectivity index (χ1v) is 12.6. The third kappa shape index (κ3) is 7.04. The molecule has 0 bridgehead atoms. The summed E-state index contributed by atoms with van der Waals surface area (Å²) in [6.45, 7) is 4.07. The molecule has 1 aromatic heterocycles. The second-order valence-corrected chi connectivity index (χ2v) is 8.94. The molecule has 1 N–H and O–H groups in total. The Labute approximate surface area is 217 Å². The molecule has 194 valence electrons. The van der Waals surface area contributed by atoms with E-state index in [1.807, 2.05) is 67.6 Å². The molecule has 1 atom stereocenters. The lowest BCUT2D eigenvalue weighted by atomic mass is 10.1. The van der Waals surface area contributed by atoms with Crippen LogP contribution in [0.5, 0.6) is 11.6 Å². The monoisotopic (exact) mass is 503 g/mol. The topological polar surface area (TPSA) is 59.8 Å². The second kappa shape index (κ2) is 13.1. The summed E-state index contributed by atoms with van der Waals surface area (Å²) in [7, 11) is 1.66. The smallest absolute Gasteiger partial charge is 0.227 e. The summed E-state index contributed by atoms with van der Waals surface area (Å²) >= 11 is 0. The number of hydrogen-bond donors (Lipinski definition) is 1. The average Bonchev–Trinajstić information content (AvgIpc) is 3.26. The second-order valence-electron chi connectivity index (χ2n) is 8.94. The van der Waals surface area contributed by atoms with Crippen LogP contribution in [0.4, 0.5) is 4.39 Å². The molecule has 0 radical (unpaired) electrons. The standard InChI is InChI=1S/C30H34FN3O3/c1-3-28-26(22-33(18-19-36-2)21-25(35)20-23-12-6-4-7-13-23)30(37-29-17-11-10-16-27(29)31)34(32-28)24-14-8-5-9-15-24/h4-17,25,35H,3,18-22H2,1-2H3. The van der Waals surface area contributed by atoms with Gasteiger partial charge >= 0.3 is 0 Å². The highest BCUT2D eigenvalue weighted by atomic mass is 19.1. The predicted molar refractivity (Wildman–Crippen MR) is 143 cm³/mol. The molecule has 4 rings (SSSR count). The highest BCUT2D eigenvalue weighted by molar-refractivity contribution is 5.44. The molecule has 0 aliphatic rings. The van der Waals surface area contributed by atoms with Crippen LogP contribution >= 0.6 is 0 Å². The molecule has 1 unspecified atom stereocenters. The highest BCUT2D eigenvalue weighted by Gasteiger charge is 2.24. The number of halogens is 1. The molecular weight excluding hydrogens is 469 g/mol. The van der Waals surface area contributed by atoms with Crippen molar-refractivity contribution in [2.45, 2.75) is 32.4 Å². The van der Waals surface area contributed by atoms with E-state index in [1.165, 1.54) is 6.07 Å². The zero-order chi connectivity index (χ0) is 26.0. The van der Waals surface area contributed by atoms with E-state index in [2.05, 4.69) is 4.90 Å². The number of aliphatic hydroxyl groups is 1. The fraction of sp³-hybridized carbons (Fsp3) is 0.300. The minimum atomic E-state index is -0.565. The first kappa shape index (κ1) is 26.5. The molecule has 3 aromatic carbocycles. The van der Waals surface area contributed by atoms with Crippen molar-refractivity contribution >= 4 is 0 Å². The van der Waals surface area contributed by atoms with E-state index in [0.29, 0.717) is 45.0 Å². The molecule has 37 heavy (non-hydrogen) atoms. The lowest BCUT2D eigenvalue weighted by molar-refractivity contribution is 0.0846. The highest BCUT2D eigenvalue weighted by Crippen LogP contribution is 2.33.